The molecule has 3 heteroatoms. The Hall–Kier alpha value is -0.930. The van der Waals surface area contributed by atoms with E-state index in [1.165, 1.54) is 18.4 Å². The van der Waals surface area contributed by atoms with Gasteiger partial charge in [0.2, 0.25) is 0 Å². The van der Waals surface area contributed by atoms with Crippen molar-refractivity contribution >= 4 is 0 Å². The number of piperidine rings is 1. The van der Waals surface area contributed by atoms with Gasteiger partial charge in [-0.25, -0.2) is 0 Å². The van der Waals surface area contributed by atoms with Crippen LogP contribution in [0.25, 0.3) is 0 Å². The minimum absolute atomic E-state index is 0.326. The van der Waals surface area contributed by atoms with E-state index in [1.807, 2.05) is 12.4 Å². The van der Waals surface area contributed by atoms with Gasteiger partial charge in [0, 0.05) is 32.1 Å². The van der Waals surface area contributed by atoms with Gasteiger partial charge in [-0.05, 0) is 43.0 Å². The molecule has 1 aliphatic heterocycles. The highest BCUT2D eigenvalue weighted by Crippen LogP contribution is 2.17. The molecule has 1 saturated heterocycles. The summed E-state index contributed by atoms with van der Waals surface area (Å²) in [5, 5.41) is 9.14. The van der Waals surface area contributed by atoms with Crippen LogP contribution in [0.15, 0.2) is 24.5 Å². The van der Waals surface area contributed by atoms with E-state index in [0.29, 0.717) is 12.5 Å². The highest BCUT2D eigenvalue weighted by molar-refractivity contribution is 5.09. The van der Waals surface area contributed by atoms with Crippen molar-refractivity contribution in [1.82, 2.24) is 9.88 Å². The summed E-state index contributed by atoms with van der Waals surface area (Å²) in [7, 11) is 0. The number of aliphatic hydroxyl groups is 1. The summed E-state index contributed by atoms with van der Waals surface area (Å²) in [6.45, 7) is 3.49. The second-order valence-electron chi connectivity index (χ2n) is 4.28. The Morgan fingerprint density at radius 3 is 2.93 bits per heavy atom. The van der Waals surface area contributed by atoms with Gasteiger partial charge in [-0.1, -0.05) is 0 Å². The third-order valence-corrected chi connectivity index (χ3v) is 3.02. The smallest absolute Gasteiger partial charge is 0.0471 e. The molecule has 3 nitrogen and oxygen atoms in total. The Labute approximate surface area is 90.8 Å². The molecule has 0 spiro atoms. The Bertz CT molecular complexity index is 289. The van der Waals surface area contributed by atoms with Crippen molar-refractivity contribution in [2.75, 3.05) is 19.7 Å². The fraction of sp³-hybridized carbons (Fsp3) is 0.583. The lowest BCUT2D eigenvalue weighted by molar-refractivity contribution is 0.116. The number of hydrogen-bond donors (Lipinski definition) is 1. The van der Waals surface area contributed by atoms with Gasteiger partial charge in [-0.15, -0.1) is 0 Å². The molecule has 0 unspecified atom stereocenters. The molecular formula is C12H18N2O. The second-order valence-corrected chi connectivity index (χ2v) is 4.28. The largest absolute Gasteiger partial charge is 0.396 e. The number of pyridine rings is 1. The Morgan fingerprint density at radius 1 is 1.40 bits per heavy atom. The Morgan fingerprint density at radius 2 is 2.20 bits per heavy atom. The molecule has 0 aliphatic carbocycles. The van der Waals surface area contributed by atoms with Crippen LogP contribution < -0.4 is 0 Å². The summed E-state index contributed by atoms with van der Waals surface area (Å²) in [5.74, 6) is 0.473. The molecular weight excluding hydrogens is 188 g/mol. The quantitative estimate of drug-likeness (QED) is 0.809. The number of aliphatic hydroxyl groups excluding tert-OH is 1. The summed E-state index contributed by atoms with van der Waals surface area (Å²) in [6, 6.07) is 4.12. The van der Waals surface area contributed by atoms with Crippen LogP contribution in [0.5, 0.6) is 0 Å². The maximum atomic E-state index is 9.14. The number of hydrogen-bond acceptors (Lipinski definition) is 3. The SMILES string of the molecule is OC[C@@H]1CCCN(Cc2ccncc2)C1. The van der Waals surface area contributed by atoms with Gasteiger partial charge >= 0.3 is 0 Å². The standard InChI is InChI=1S/C12H18N2O/c15-10-12-2-1-7-14(9-12)8-11-3-5-13-6-4-11/h3-6,12,15H,1-2,7-10H2/t12-/m1/s1. The van der Waals surface area contributed by atoms with Crippen molar-refractivity contribution < 1.29 is 5.11 Å². The van der Waals surface area contributed by atoms with Gasteiger partial charge in [0.1, 0.15) is 0 Å². The zero-order valence-corrected chi connectivity index (χ0v) is 8.97. The van der Waals surface area contributed by atoms with Gasteiger partial charge in [0.25, 0.3) is 0 Å². The van der Waals surface area contributed by atoms with Crippen LogP contribution in [0.2, 0.25) is 0 Å². The fourth-order valence-electron chi connectivity index (χ4n) is 2.19. The maximum Gasteiger partial charge on any atom is 0.0471 e. The first-order valence-electron chi connectivity index (χ1n) is 5.60. The lowest BCUT2D eigenvalue weighted by atomic mass is 9.99. The van der Waals surface area contributed by atoms with Crippen molar-refractivity contribution in [2.24, 2.45) is 5.92 Å². The van der Waals surface area contributed by atoms with Crippen LogP contribution >= 0.6 is 0 Å². The van der Waals surface area contributed by atoms with Crippen LogP contribution in [-0.4, -0.2) is 34.7 Å². The molecule has 1 atom stereocenters. The lowest BCUT2D eigenvalue weighted by Gasteiger charge is -2.31. The van der Waals surface area contributed by atoms with Crippen LogP contribution in [-0.2, 0) is 6.54 Å². The topological polar surface area (TPSA) is 36.4 Å². The van der Waals surface area contributed by atoms with Gasteiger partial charge in [0.05, 0.1) is 0 Å². The first-order valence-corrected chi connectivity index (χ1v) is 5.60. The molecule has 1 aromatic heterocycles. The second kappa shape index (κ2) is 5.24. The minimum atomic E-state index is 0.326. The molecule has 1 aliphatic rings. The lowest BCUT2D eigenvalue weighted by Crippen LogP contribution is -2.36. The average Bonchev–Trinajstić information content (AvgIpc) is 2.31. The number of rotatable bonds is 3. The van der Waals surface area contributed by atoms with Crippen LogP contribution in [0.3, 0.4) is 0 Å². The van der Waals surface area contributed by atoms with E-state index in [4.69, 9.17) is 5.11 Å². The van der Waals surface area contributed by atoms with E-state index in [1.54, 1.807) is 0 Å². The molecule has 2 heterocycles. The number of nitrogens with zero attached hydrogens (tertiary/aromatic N) is 2. The van der Waals surface area contributed by atoms with Crippen molar-refractivity contribution in [3.8, 4) is 0 Å². The average molecular weight is 206 g/mol. The molecule has 82 valence electrons. The highest BCUT2D eigenvalue weighted by atomic mass is 16.3. The number of aromatic nitrogens is 1. The summed E-state index contributed by atoms with van der Waals surface area (Å²) in [4.78, 5) is 6.43. The predicted molar refractivity (Wildman–Crippen MR) is 59.3 cm³/mol. The van der Waals surface area contributed by atoms with Crippen LogP contribution in [0.4, 0.5) is 0 Å². The third-order valence-electron chi connectivity index (χ3n) is 3.02. The van der Waals surface area contributed by atoms with E-state index in [-0.39, 0.29) is 0 Å². The van der Waals surface area contributed by atoms with E-state index in [2.05, 4.69) is 22.0 Å². The molecule has 1 fully saturated rings. The molecule has 15 heavy (non-hydrogen) atoms. The van der Waals surface area contributed by atoms with Gasteiger partial charge in [-0.2, -0.15) is 0 Å². The van der Waals surface area contributed by atoms with Gasteiger partial charge in [-0.3, -0.25) is 9.88 Å². The summed E-state index contributed by atoms with van der Waals surface area (Å²) in [5.41, 5.74) is 1.31. The van der Waals surface area contributed by atoms with Crippen molar-refractivity contribution in [3.05, 3.63) is 30.1 Å². The molecule has 2 rings (SSSR count). The molecule has 1 aromatic rings. The summed E-state index contributed by atoms with van der Waals surface area (Å²) in [6.07, 6.45) is 6.05. The van der Waals surface area contributed by atoms with Crippen molar-refractivity contribution in [2.45, 2.75) is 19.4 Å². The van der Waals surface area contributed by atoms with Gasteiger partial charge in [0.15, 0.2) is 0 Å². The summed E-state index contributed by atoms with van der Waals surface area (Å²) < 4.78 is 0. The van der Waals surface area contributed by atoms with Crippen LogP contribution in [0, 0.1) is 5.92 Å². The monoisotopic (exact) mass is 206 g/mol. The van der Waals surface area contributed by atoms with Crippen LogP contribution in [0.1, 0.15) is 18.4 Å². The Kier molecular flexibility index (Phi) is 3.69. The fourth-order valence-corrected chi connectivity index (χ4v) is 2.19. The minimum Gasteiger partial charge on any atom is -0.396 e. The summed E-state index contributed by atoms with van der Waals surface area (Å²) >= 11 is 0. The van der Waals surface area contributed by atoms with E-state index in [0.717, 1.165) is 19.6 Å². The molecule has 0 amide bonds. The molecule has 0 aromatic carbocycles. The first-order chi connectivity index (χ1) is 7.38. The molecule has 0 radical (unpaired) electrons. The van der Waals surface area contributed by atoms with Gasteiger partial charge < -0.3 is 5.11 Å². The Balaban J connectivity index is 1.89. The van der Waals surface area contributed by atoms with Crippen molar-refractivity contribution in [3.63, 3.8) is 0 Å². The zero-order chi connectivity index (χ0) is 10.5. The first kappa shape index (κ1) is 10.6. The maximum absolute atomic E-state index is 9.14. The zero-order valence-electron chi connectivity index (χ0n) is 8.97. The predicted octanol–water partition coefficient (Wildman–Crippen LogP) is 1.29. The van der Waals surface area contributed by atoms with E-state index < -0.39 is 0 Å². The number of likely N-dealkylation sites (tertiary alicyclic amines) is 1. The third kappa shape index (κ3) is 3.01. The molecule has 0 saturated carbocycles. The van der Waals surface area contributed by atoms with E-state index >= 15 is 0 Å². The van der Waals surface area contributed by atoms with Crippen molar-refractivity contribution in [1.29, 1.82) is 0 Å². The normalized spacial score (nSPS) is 22.9. The van der Waals surface area contributed by atoms with E-state index in [9.17, 15) is 0 Å². The molecule has 0 bridgehead atoms. The molecule has 1 N–H and O–H groups in total. The highest BCUT2D eigenvalue weighted by Gasteiger charge is 2.18.